The lowest BCUT2D eigenvalue weighted by molar-refractivity contribution is 0.134. The van der Waals surface area contributed by atoms with Crippen LogP contribution in [0.5, 0.6) is 0 Å². The van der Waals surface area contributed by atoms with Crippen molar-refractivity contribution in [2.45, 2.75) is 31.5 Å². The van der Waals surface area contributed by atoms with E-state index < -0.39 is 6.09 Å². The number of benzene rings is 2. The SMILES string of the molecule is Cl.O=C(N[C@H]1CCN[C@H]1Cc1cccc(Br)c1F)OCc1ccccc1. The van der Waals surface area contributed by atoms with E-state index in [9.17, 15) is 9.18 Å². The van der Waals surface area contributed by atoms with E-state index in [-0.39, 0.29) is 36.9 Å². The molecule has 2 aromatic rings. The van der Waals surface area contributed by atoms with Gasteiger partial charge in [0.15, 0.2) is 0 Å². The predicted molar refractivity (Wildman–Crippen MR) is 105 cm³/mol. The maximum Gasteiger partial charge on any atom is 0.407 e. The number of hydrogen-bond acceptors (Lipinski definition) is 3. The van der Waals surface area contributed by atoms with Crippen molar-refractivity contribution < 1.29 is 13.9 Å². The highest BCUT2D eigenvalue weighted by molar-refractivity contribution is 9.10. The summed E-state index contributed by atoms with van der Waals surface area (Å²) < 4.78 is 19.9. The number of nitrogens with one attached hydrogen (secondary N) is 2. The molecule has 0 unspecified atom stereocenters. The molecule has 3 rings (SSSR count). The van der Waals surface area contributed by atoms with Crippen molar-refractivity contribution in [2.24, 2.45) is 0 Å². The minimum atomic E-state index is -0.447. The summed E-state index contributed by atoms with van der Waals surface area (Å²) in [4.78, 5) is 12.0. The molecule has 1 aliphatic heterocycles. The average Bonchev–Trinajstić information content (AvgIpc) is 3.05. The van der Waals surface area contributed by atoms with Crippen molar-refractivity contribution in [3.8, 4) is 0 Å². The van der Waals surface area contributed by atoms with Crippen molar-refractivity contribution >= 4 is 34.4 Å². The van der Waals surface area contributed by atoms with Crippen molar-refractivity contribution in [3.63, 3.8) is 0 Å². The Balaban J connectivity index is 0.00000243. The molecular weight excluding hydrogens is 423 g/mol. The lowest BCUT2D eigenvalue weighted by Gasteiger charge is -2.21. The van der Waals surface area contributed by atoms with E-state index in [1.165, 1.54) is 0 Å². The summed E-state index contributed by atoms with van der Waals surface area (Å²) in [5.74, 6) is -0.249. The molecule has 1 saturated heterocycles. The summed E-state index contributed by atoms with van der Waals surface area (Å²) in [6.07, 6.45) is 0.854. The first-order chi connectivity index (χ1) is 12.1. The third kappa shape index (κ3) is 5.43. The van der Waals surface area contributed by atoms with Gasteiger partial charge in [-0.3, -0.25) is 0 Å². The fourth-order valence-corrected chi connectivity index (χ4v) is 3.42. The Labute approximate surface area is 167 Å². The summed E-state index contributed by atoms with van der Waals surface area (Å²) in [6, 6.07) is 14.7. The molecule has 140 valence electrons. The predicted octanol–water partition coefficient (Wildman–Crippen LogP) is 4.21. The van der Waals surface area contributed by atoms with Gasteiger partial charge in [-0.25, -0.2) is 9.18 Å². The quantitative estimate of drug-likeness (QED) is 0.728. The number of carbonyl (C=O) groups excluding carboxylic acids is 1. The fourth-order valence-electron chi connectivity index (χ4n) is 3.01. The van der Waals surface area contributed by atoms with E-state index in [0.29, 0.717) is 16.5 Å². The molecule has 2 N–H and O–H groups in total. The Morgan fingerprint density at radius 1 is 1.23 bits per heavy atom. The highest BCUT2D eigenvalue weighted by atomic mass is 79.9. The van der Waals surface area contributed by atoms with Crippen LogP contribution in [0.1, 0.15) is 17.5 Å². The van der Waals surface area contributed by atoms with E-state index in [1.54, 1.807) is 12.1 Å². The van der Waals surface area contributed by atoms with Crippen molar-refractivity contribution in [1.29, 1.82) is 0 Å². The largest absolute Gasteiger partial charge is 0.445 e. The van der Waals surface area contributed by atoms with Gasteiger partial charge >= 0.3 is 6.09 Å². The van der Waals surface area contributed by atoms with Crippen molar-refractivity contribution in [1.82, 2.24) is 10.6 Å². The van der Waals surface area contributed by atoms with Gasteiger partial charge in [-0.2, -0.15) is 0 Å². The Morgan fingerprint density at radius 2 is 2.00 bits per heavy atom. The van der Waals surface area contributed by atoms with E-state index in [0.717, 1.165) is 18.5 Å². The van der Waals surface area contributed by atoms with Gasteiger partial charge in [0, 0.05) is 12.1 Å². The second-order valence-electron chi connectivity index (χ2n) is 6.08. The summed E-state index contributed by atoms with van der Waals surface area (Å²) >= 11 is 3.21. The van der Waals surface area contributed by atoms with Crippen LogP contribution in [-0.4, -0.2) is 24.7 Å². The van der Waals surface area contributed by atoms with Crippen LogP contribution >= 0.6 is 28.3 Å². The molecule has 1 amide bonds. The number of halogens is 3. The Morgan fingerprint density at radius 3 is 2.77 bits per heavy atom. The Bertz CT molecular complexity index is 733. The van der Waals surface area contributed by atoms with Crippen LogP contribution < -0.4 is 10.6 Å². The first-order valence-electron chi connectivity index (χ1n) is 8.27. The highest BCUT2D eigenvalue weighted by Crippen LogP contribution is 2.22. The van der Waals surface area contributed by atoms with Gasteiger partial charge in [-0.05, 0) is 52.5 Å². The first-order valence-corrected chi connectivity index (χ1v) is 9.06. The molecule has 1 aliphatic rings. The van der Waals surface area contributed by atoms with Crippen LogP contribution in [0, 0.1) is 5.82 Å². The van der Waals surface area contributed by atoms with E-state index in [1.807, 2.05) is 36.4 Å². The second-order valence-corrected chi connectivity index (χ2v) is 6.93. The molecule has 4 nitrogen and oxygen atoms in total. The van der Waals surface area contributed by atoms with Gasteiger partial charge in [0.25, 0.3) is 0 Å². The van der Waals surface area contributed by atoms with E-state index in [2.05, 4.69) is 26.6 Å². The molecule has 0 aromatic heterocycles. The van der Waals surface area contributed by atoms with Crippen LogP contribution in [0.4, 0.5) is 9.18 Å². The zero-order valence-electron chi connectivity index (χ0n) is 14.1. The summed E-state index contributed by atoms with van der Waals surface area (Å²) in [6.45, 7) is 1.02. The topological polar surface area (TPSA) is 50.4 Å². The standard InChI is InChI=1S/C19H20BrFN2O2.ClH/c20-15-8-4-7-14(18(15)21)11-17-16(9-10-22-17)23-19(24)25-12-13-5-2-1-3-6-13;/h1-8,16-17,22H,9-12H2,(H,23,24);1H/t16-,17-;/m0./s1. The molecular formula is C19H21BrClFN2O2. The summed E-state index contributed by atoms with van der Waals surface area (Å²) in [5, 5.41) is 6.22. The third-order valence-electron chi connectivity index (χ3n) is 4.33. The summed E-state index contributed by atoms with van der Waals surface area (Å²) in [7, 11) is 0. The number of amides is 1. The lowest BCUT2D eigenvalue weighted by Crippen LogP contribution is -2.44. The molecule has 0 spiro atoms. The lowest BCUT2D eigenvalue weighted by atomic mass is 10.0. The second kappa shape index (κ2) is 9.90. The minimum Gasteiger partial charge on any atom is -0.445 e. The maximum absolute atomic E-state index is 14.2. The first kappa shape index (κ1) is 20.7. The van der Waals surface area contributed by atoms with Gasteiger partial charge in [-0.15, -0.1) is 12.4 Å². The Hall–Kier alpha value is -1.63. The number of ether oxygens (including phenoxy) is 1. The fraction of sp³-hybridized carbons (Fsp3) is 0.316. The van der Waals surface area contributed by atoms with Crippen molar-refractivity contribution in [2.75, 3.05) is 6.54 Å². The molecule has 1 heterocycles. The molecule has 0 aliphatic carbocycles. The van der Waals surface area contributed by atoms with Gasteiger partial charge in [-0.1, -0.05) is 42.5 Å². The number of rotatable bonds is 5. The molecule has 1 fully saturated rings. The maximum atomic E-state index is 14.2. The summed E-state index contributed by atoms with van der Waals surface area (Å²) in [5.41, 5.74) is 1.56. The number of carbonyl (C=O) groups is 1. The highest BCUT2D eigenvalue weighted by Gasteiger charge is 2.29. The minimum absolute atomic E-state index is 0. The average molecular weight is 444 g/mol. The smallest absolute Gasteiger partial charge is 0.407 e. The van der Waals surface area contributed by atoms with Gasteiger partial charge in [0.2, 0.25) is 0 Å². The number of alkyl carbamates (subject to hydrolysis) is 1. The van der Waals surface area contributed by atoms with Crippen LogP contribution in [-0.2, 0) is 17.8 Å². The Kier molecular flexibility index (Phi) is 7.87. The van der Waals surface area contributed by atoms with Gasteiger partial charge in [0.05, 0.1) is 4.47 Å². The molecule has 0 saturated carbocycles. The molecule has 26 heavy (non-hydrogen) atoms. The molecule has 2 atom stereocenters. The van der Waals surface area contributed by atoms with Crippen LogP contribution in [0.3, 0.4) is 0 Å². The van der Waals surface area contributed by atoms with Crippen LogP contribution in [0.2, 0.25) is 0 Å². The van der Waals surface area contributed by atoms with E-state index in [4.69, 9.17) is 4.74 Å². The monoisotopic (exact) mass is 442 g/mol. The molecule has 7 heteroatoms. The van der Waals surface area contributed by atoms with E-state index >= 15 is 0 Å². The number of hydrogen-bond donors (Lipinski definition) is 2. The molecule has 0 radical (unpaired) electrons. The van der Waals surface area contributed by atoms with Crippen molar-refractivity contribution in [3.05, 3.63) is 69.9 Å². The van der Waals surface area contributed by atoms with Crippen LogP contribution in [0.15, 0.2) is 53.0 Å². The van der Waals surface area contributed by atoms with Gasteiger partial charge in [0.1, 0.15) is 12.4 Å². The van der Waals surface area contributed by atoms with Crippen LogP contribution in [0.25, 0.3) is 0 Å². The molecule has 0 bridgehead atoms. The van der Waals surface area contributed by atoms with Gasteiger partial charge < -0.3 is 15.4 Å². The third-order valence-corrected chi connectivity index (χ3v) is 4.95. The zero-order chi connectivity index (χ0) is 17.6. The zero-order valence-corrected chi connectivity index (χ0v) is 16.5. The molecule has 2 aromatic carbocycles. The normalized spacial score (nSPS) is 18.8.